The van der Waals surface area contributed by atoms with Gasteiger partial charge in [-0.3, -0.25) is 4.90 Å². The summed E-state index contributed by atoms with van der Waals surface area (Å²) in [6.07, 6.45) is 1.19. The fraction of sp³-hybridized carbons (Fsp3) is 0.750. The first-order valence-electron chi connectivity index (χ1n) is 6.09. The number of aromatic nitrogens is 1. The molecule has 1 aliphatic heterocycles. The summed E-state index contributed by atoms with van der Waals surface area (Å²) in [6.45, 7) is 10.5. The van der Waals surface area contributed by atoms with E-state index in [9.17, 15) is 0 Å². The van der Waals surface area contributed by atoms with E-state index in [1.165, 1.54) is 12.0 Å². The van der Waals surface area contributed by atoms with Crippen LogP contribution in [0.25, 0.3) is 0 Å². The van der Waals surface area contributed by atoms with Crippen LogP contribution >= 0.6 is 0 Å². The molecule has 1 aliphatic rings. The smallest absolute Gasteiger partial charge is 0.138 e. The molecule has 1 saturated heterocycles. The van der Waals surface area contributed by atoms with Gasteiger partial charge in [-0.15, -0.1) is 0 Å². The highest BCUT2D eigenvalue weighted by atomic mass is 16.5. The van der Waals surface area contributed by atoms with Crippen molar-refractivity contribution in [1.82, 2.24) is 15.4 Å². The Morgan fingerprint density at radius 1 is 1.50 bits per heavy atom. The Morgan fingerprint density at radius 3 is 2.94 bits per heavy atom. The van der Waals surface area contributed by atoms with E-state index >= 15 is 0 Å². The number of hydrogen-bond donors (Lipinski definition) is 1. The predicted molar refractivity (Wildman–Crippen MR) is 63.3 cm³/mol. The molecule has 0 bridgehead atoms. The van der Waals surface area contributed by atoms with E-state index in [1.807, 2.05) is 13.8 Å². The first kappa shape index (κ1) is 11.6. The van der Waals surface area contributed by atoms with Gasteiger partial charge in [-0.2, -0.15) is 0 Å². The van der Waals surface area contributed by atoms with Crippen molar-refractivity contribution in [2.75, 3.05) is 19.6 Å². The van der Waals surface area contributed by atoms with E-state index < -0.39 is 0 Å². The van der Waals surface area contributed by atoms with Crippen LogP contribution in [0.4, 0.5) is 0 Å². The second kappa shape index (κ2) is 4.97. The maximum atomic E-state index is 5.21. The highest BCUT2D eigenvalue weighted by Gasteiger charge is 2.22. The molecule has 2 heterocycles. The van der Waals surface area contributed by atoms with Gasteiger partial charge in [-0.1, -0.05) is 12.1 Å². The summed E-state index contributed by atoms with van der Waals surface area (Å²) in [5, 5.41) is 7.46. The summed E-state index contributed by atoms with van der Waals surface area (Å²) in [5.41, 5.74) is 2.30. The van der Waals surface area contributed by atoms with Crippen molar-refractivity contribution in [1.29, 1.82) is 0 Å². The molecule has 90 valence electrons. The van der Waals surface area contributed by atoms with Gasteiger partial charge < -0.3 is 9.84 Å². The van der Waals surface area contributed by atoms with E-state index in [2.05, 4.69) is 22.3 Å². The van der Waals surface area contributed by atoms with Crippen LogP contribution in [0.2, 0.25) is 0 Å². The van der Waals surface area contributed by atoms with Gasteiger partial charge in [-0.05, 0) is 20.3 Å². The van der Waals surface area contributed by atoms with Gasteiger partial charge in [0.05, 0.1) is 5.69 Å². The zero-order valence-electron chi connectivity index (χ0n) is 10.4. The lowest BCUT2D eigenvalue weighted by molar-refractivity contribution is 0.148. The van der Waals surface area contributed by atoms with Gasteiger partial charge in [0, 0.05) is 37.8 Å². The molecule has 4 heteroatoms. The summed E-state index contributed by atoms with van der Waals surface area (Å²) < 4.78 is 5.21. The van der Waals surface area contributed by atoms with E-state index in [0.717, 1.165) is 37.6 Å². The molecule has 16 heavy (non-hydrogen) atoms. The van der Waals surface area contributed by atoms with Crippen molar-refractivity contribution >= 4 is 0 Å². The molecule has 4 nitrogen and oxygen atoms in total. The van der Waals surface area contributed by atoms with E-state index in [4.69, 9.17) is 4.52 Å². The number of piperazine rings is 1. The molecule has 1 N–H and O–H groups in total. The SMILES string of the molecule is CCC1CNCCN1Cc1c(C)noc1C. The molecule has 0 radical (unpaired) electrons. The molecule has 1 fully saturated rings. The third-order valence-electron chi connectivity index (χ3n) is 3.49. The van der Waals surface area contributed by atoms with Gasteiger partial charge >= 0.3 is 0 Å². The number of hydrogen-bond acceptors (Lipinski definition) is 4. The average Bonchev–Trinajstić information content (AvgIpc) is 2.61. The predicted octanol–water partition coefficient (Wildman–Crippen LogP) is 1.48. The van der Waals surface area contributed by atoms with Crippen LogP contribution in [0.1, 0.15) is 30.4 Å². The quantitative estimate of drug-likeness (QED) is 0.842. The van der Waals surface area contributed by atoms with Crippen LogP contribution in [-0.2, 0) is 6.54 Å². The first-order chi connectivity index (χ1) is 7.72. The maximum Gasteiger partial charge on any atom is 0.138 e. The summed E-state index contributed by atoms with van der Waals surface area (Å²) in [7, 11) is 0. The highest BCUT2D eigenvalue weighted by molar-refractivity contribution is 5.20. The Kier molecular flexibility index (Phi) is 3.61. The summed E-state index contributed by atoms with van der Waals surface area (Å²) in [4.78, 5) is 2.53. The lowest BCUT2D eigenvalue weighted by Gasteiger charge is -2.35. The van der Waals surface area contributed by atoms with Crippen molar-refractivity contribution in [3.05, 3.63) is 17.0 Å². The van der Waals surface area contributed by atoms with E-state index in [1.54, 1.807) is 0 Å². The Hall–Kier alpha value is -0.870. The minimum Gasteiger partial charge on any atom is -0.361 e. The van der Waals surface area contributed by atoms with Crippen molar-refractivity contribution in [2.45, 2.75) is 39.8 Å². The number of nitrogens with one attached hydrogen (secondary N) is 1. The Bertz CT molecular complexity index is 329. The molecule has 0 saturated carbocycles. The summed E-state index contributed by atoms with van der Waals surface area (Å²) in [6, 6.07) is 0.641. The molecule has 0 aromatic carbocycles. The largest absolute Gasteiger partial charge is 0.361 e. The molecular formula is C12H21N3O. The monoisotopic (exact) mass is 223 g/mol. The lowest BCUT2D eigenvalue weighted by atomic mass is 10.1. The molecule has 1 atom stereocenters. The molecule has 1 unspecified atom stereocenters. The molecule has 0 amide bonds. The molecule has 2 rings (SSSR count). The zero-order chi connectivity index (χ0) is 11.5. The molecule has 1 aromatic rings. The molecule has 0 aliphatic carbocycles. The number of nitrogens with zero attached hydrogens (tertiary/aromatic N) is 2. The minimum atomic E-state index is 0.641. The second-order valence-electron chi connectivity index (χ2n) is 4.54. The van der Waals surface area contributed by atoms with Crippen LogP contribution in [0.5, 0.6) is 0 Å². The Labute approximate surface area is 97.0 Å². The van der Waals surface area contributed by atoms with Crippen molar-refractivity contribution in [3.63, 3.8) is 0 Å². The van der Waals surface area contributed by atoms with Crippen molar-refractivity contribution < 1.29 is 4.52 Å². The summed E-state index contributed by atoms with van der Waals surface area (Å²) >= 11 is 0. The van der Waals surface area contributed by atoms with Crippen LogP contribution in [-0.4, -0.2) is 35.7 Å². The van der Waals surface area contributed by atoms with Gasteiger partial charge in [0.2, 0.25) is 0 Å². The topological polar surface area (TPSA) is 41.3 Å². The van der Waals surface area contributed by atoms with Gasteiger partial charge in [-0.25, -0.2) is 0 Å². The Morgan fingerprint density at radius 2 is 2.31 bits per heavy atom. The minimum absolute atomic E-state index is 0.641. The van der Waals surface area contributed by atoms with Crippen LogP contribution < -0.4 is 5.32 Å². The first-order valence-corrected chi connectivity index (χ1v) is 6.09. The van der Waals surface area contributed by atoms with Crippen molar-refractivity contribution in [3.8, 4) is 0 Å². The molecule has 0 spiro atoms. The fourth-order valence-electron chi connectivity index (χ4n) is 2.34. The van der Waals surface area contributed by atoms with Crippen LogP contribution in [0.3, 0.4) is 0 Å². The zero-order valence-corrected chi connectivity index (χ0v) is 10.4. The fourth-order valence-corrected chi connectivity index (χ4v) is 2.34. The number of rotatable bonds is 3. The standard InChI is InChI=1S/C12H21N3O/c1-4-11-7-13-5-6-15(11)8-12-9(2)14-16-10(12)3/h11,13H,4-8H2,1-3H3. The van der Waals surface area contributed by atoms with Gasteiger partial charge in [0.15, 0.2) is 0 Å². The van der Waals surface area contributed by atoms with E-state index in [0.29, 0.717) is 6.04 Å². The van der Waals surface area contributed by atoms with Gasteiger partial charge in [0.1, 0.15) is 5.76 Å². The molecule has 1 aromatic heterocycles. The Balaban J connectivity index is 2.07. The second-order valence-corrected chi connectivity index (χ2v) is 4.54. The third-order valence-corrected chi connectivity index (χ3v) is 3.49. The van der Waals surface area contributed by atoms with Crippen molar-refractivity contribution in [2.24, 2.45) is 0 Å². The normalized spacial score (nSPS) is 22.6. The lowest BCUT2D eigenvalue weighted by Crippen LogP contribution is -2.50. The van der Waals surface area contributed by atoms with Gasteiger partial charge in [0.25, 0.3) is 0 Å². The summed E-state index contributed by atoms with van der Waals surface area (Å²) in [5.74, 6) is 0.964. The third kappa shape index (κ3) is 2.28. The average molecular weight is 223 g/mol. The molecular weight excluding hydrogens is 202 g/mol. The van der Waals surface area contributed by atoms with Crippen LogP contribution in [0, 0.1) is 13.8 Å². The van der Waals surface area contributed by atoms with E-state index in [-0.39, 0.29) is 0 Å². The highest BCUT2D eigenvalue weighted by Crippen LogP contribution is 2.18. The van der Waals surface area contributed by atoms with Crippen LogP contribution in [0.15, 0.2) is 4.52 Å². The number of aryl methyl sites for hydroxylation is 2. The maximum absolute atomic E-state index is 5.21.